The Morgan fingerprint density at radius 2 is 2.12 bits per heavy atom. The van der Waals surface area contributed by atoms with E-state index in [4.69, 9.17) is 18.0 Å². The number of piperazine rings is 1. The fourth-order valence-electron chi connectivity index (χ4n) is 1.73. The molecule has 0 saturated carbocycles. The van der Waals surface area contributed by atoms with E-state index in [0.717, 1.165) is 43.7 Å². The molecule has 0 aromatic carbocycles. The van der Waals surface area contributed by atoms with Crippen molar-refractivity contribution in [2.24, 2.45) is 5.73 Å². The van der Waals surface area contributed by atoms with E-state index in [2.05, 4.69) is 19.2 Å². The van der Waals surface area contributed by atoms with Crippen molar-refractivity contribution in [2.75, 3.05) is 37.6 Å². The third-order valence-corrected chi connectivity index (χ3v) is 3.54. The molecule has 7 heteroatoms. The third-order valence-electron chi connectivity index (χ3n) is 2.54. The van der Waals surface area contributed by atoms with Crippen molar-refractivity contribution in [3.05, 3.63) is 5.82 Å². The van der Waals surface area contributed by atoms with Crippen molar-refractivity contribution in [3.63, 3.8) is 0 Å². The quantitative estimate of drug-likeness (QED) is 0.784. The van der Waals surface area contributed by atoms with Gasteiger partial charge in [-0.05, 0) is 6.92 Å². The van der Waals surface area contributed by atoms with Crippen molar-refractivity contribution in [1.29, 1.82) is 0 Å². The molecule has 0 amide bonds. The molecule has 16 heavy (non-hydrogen) atoms. The minimum Gasteiger partial charge on any atom is -0.392 e. The van der Waals surface area contributed by atoms with Crippen LogP contribution >= 0.6 is 23.8 Å². The van der Waals surface area contributed by atoms with E-state index in [-0.39, 0.29) is 0 Å². The molecule has 0 spiro atoms. The number of aryl methyl sites for hydroxylation is 1. The van der Waals surface area contributed by atoms with Crippen molar-refractivity contribution in [3.8, 4) is 0 Å². The Bertz CT molecular complexity index is 370. The van der Waals surface area contributed by atoms with Crippen LogP contribution in [0.15, 0.2) is 0 Å². The zero-order valence-corrected chi connectivity index (χ0v) is 10.9. The molecule has 1 aliphatic heterocycles. The summed E-state index contributed by atoms with van der Waals surface area (Å²) in [7, 11) is 0. The van der Waals surface area contributed by atoms with Crippen LogP contribution in [0.25, 0.3) is 0 Å². The highest BCUT2D eigenvalue weighted by atomic mass is 32.1. The Balaban J connectivity index is 1.87. The molecule has 0 atom stereocenters. The molecule has 1 fully saturated rings. The van der Waals surface area contributed by atoms with Crippen LogP contribution in [0.2, 0.25) is 0 Å². The molecule has 0 bridgehead atoms. The Labute approximate surface area is 104 Å². The Hall–Kier alpha value is -0.790. The first-order valence-corrected chi connectivity index (χ1v) is 6.39. The molecule has 2 rings (SSSR count). The van der Waals surface area contributed by atoms with Crippen molar-refractivity contribution >= 4 is 33.9 Å². The number of nitrogens with zero attached hydrogens (tertiary/aromatic N) is 4. The summed E-state index contributed by atoms with van der Waals surface area (Å²) in [5.74, 6) is 0.852. The minimum absolute atomic E-state index is 0.570. The Kier molecular flexibility index (Phi) is 3.67. The lowest BCUT2D eigenvalue weighted by Gasteiger charge is -2.33. The van der Waals surface area contributed by atoms with Gasteiger partial charge < -0.3 is 10.6 Å². The van der Waals surface area contributed by atoms with Crippen molar-refractivity contribution in [1.82, 2.24) is 14.3 Å². The molecule has 2 N–H and O–H groups in total. The van der Waals surface area contributed by atoms with Crippen LogP contribution < -0.4 is 10.6 Å². The van der Waals surface area contributed by atoms with Crippen LogP contribution in [0.3, 0.4) is 0 Å². The second-order valence-electron chi connectivity index (χ2n) is 3.85. The summed E-state index contributed by atoms with van der Waals surface area (Å²) in [5, 5.41) is 1.02. The van der Waals surface area contributed by atoms with Gasteiger partial charge in [0.15, 0.2) is 0 Å². The highest BCUT2D eigenvalue weighted by molar-refractivity contribution is 7.80. The molecule has 1 saturated heterocycles. The highest BCUT2D eigenvalue weighted by Gasteiger charge is 2.19. The van der Waals surface area contributed by atoms with Gasteiger partial charge in [-0.15, -0.1) is 0 Å². The summed E-state index contributed by atoms with van der Waals surface area (Å²) in [5.41, 5.74) is 5.53. The van der Waals surface area contributed by atoms with Gasteiger partial charge >= 0.3 is 0 Å². The minimum atomic E-state index is 0.570. The molecule has 0 unspecified atom stereocenters. The van der Waals surface area contributed by atoms with Gasteiger partial charge in [0, 0.05) is 44.3 Å². The second-order valence-corrected chi connectivity index (χ2v) is 5.11. The predicted octanol–water partition coefficient (Wildman–Crippen LogP) is 0.255. The average molecular weight is 257 g/mol. The van der Waals surface area contributed by atoms with E-state index in [1.54, 1.807) is 0 Å². The Morgan fingerprint density at radius 3 is 2.62 bits per heavy atom. The summed E-state index contributed by atoms with van der Waals surface area (Å²) in [6, 6.07) is 0. The van der Waals surface area contributed by atoms with Gasteiger partial charge in [-0.25, -0.2) is 4.98 Å². The summed E-state index contributed by atoms with van der Waals surface area (Å²) in [6.07, 6.45) is 0. The molecule has 1 aliphatic rings. The average Bonchev–Trinajstić information content (AvgIpc) is 2.65. The SMILES string of the molecule is Cc1nsc(N2CCN(CC(N)=S)CC2)n1. The van der Waals surface area contributed by atoms with E-state index in [1.165, 1.54) is 11.5 Å². The van der Waals surface area contributed by atoms with Gasteiger partial charge in [0.1, 0.15) is 5.82 Å². The number of hydrogen-bond acceptors (Lipinski definition) is 6. The number of aromatic nitrogens is 2. The molecular weight excluding hydrogens is 242 g/mol. The molecule has 2 heterocycles. The van der Waals surface area contributed by atoms with E-state index < -0.39 is 0 Å². The number of thiocarbonyl (C=S) groups is 1. The predicted molar refractivity (Wildman–Crippen MR) is 70.1 cm³/mol. The molecule has 0 radical (unpaired) electrons. The van der Waals surface area contributed by atoms with Crippen LogP contribution in [-0.2, 0) is 0 Å². The summed E-state index contributed by atoms with van der Waals surface area (Å²) >= 11 is 6.37. The number of rotatable bonds is 3. The maximum Gasteiger partial charge on any atom is 0.205 e. The molecule has 88 valence electrons. The van der Waals surface area contributed by atoms with Crippen LogP contribution in [0.1, 0.15) is 5.82 Å². The van der Waals surface area contributed by atoms with Gasteiger partial charge in [-0.1, -0.05) is 12.2 Å². The van der Waals surface area contributed by atoms with E-state index >= 15 is 0 Å². The maximum atomic E-state index is 5.53. The van der Waals surface area contributed by atoms with Gasteiger partial charge in [0.25, 0.3) is 0 Å². The lowest BCUT2D eigenvalue weighted by Crippen LogP contribution is -2.48. The van der Waals surface area contributed by atoms with Gasteiger partial charge in [-0.3, -0.25) is 4.90 Å². The zero-order chi connectivity index (χ0) is 11.5. The molecule has 0 aliphatic carbocycles. The number of hydrogen-bond donors (Lipinski definition) is 1. The molecule has 1 aromatic rings. The monoisotopic (exact) mass is 257 g/mol. The standard InChI is InChI=1S/C9H15N5S2/c1-7-11-9(16-12-7)14-4-2-13(3-5-14)6-8(10)15/h2-6H2,1H3,(H2,10,15). The number of anilines is 1. The lowest BCUT2D eigenvalue weighted by atomic mass is 10.3. The van der Waals surface area contributed by atoms with Crippen LogP contribution in [-0.4, -0.2) is 52.0 Å². The smallest absolute Gasteiger partial charge is 0.205 e. The Morgan fingerprint density at radius 1 is 1.44 bits per heavy atom. The van der Waals surface area contributed by atoms with Crippen LogP contribution in [0.5, 0.6) is 0 Å². The maximum absolute atomic E-state index is 5.53. The van der Waals surface area contributed by atoms with Crippen LogP contribution in [0, 0.1) is 6.92 Å². The van der Waals surface area contributed by atoms with E-state index in [0.29, 0.717) is 4.99 Å². The third kappa shape index (κ3) is 2.87. The normalized spacial score (nSPS) is 17.7. The molecular formula is C9H15N5S2. The van der Waals surface area contributed by atoms with E-state index in [9.17, 15) is 0 Å². The topological polar surface area (TPSA) is 58.3 Å². The lowest BCUT2D eigenvalue weighted by molar-refractivity contribution is 0.292. The highest BCUT2D eigenvalue weighted by Crippen LogP contribution is 2.18. The van der Waals surface area contributed by atoms with E-state index in [1.807, 2.05) is 6.92 Å². The first kappa shape index (κ1) is 11.7. The zero-order valence-electron chi connectivity index (χ0n) is 9.22. The van der Waals surface area contributed by atoms with Crippen LogP contribution in [0.4, 0.5) is 5.13 Å². The van der Waals surface area contributed by atoms with Crippen molar-refractivity contribution < 1.29 is 0 Å². The fraction of sp³-hybridized carbons (Fsp3) is 0.667. The molecule has 5 nitrogen and oxygen atoms in total. The second kappa shape index (κ2) is 5.03. The van der Waals surface area contributed by atoms with Gasteiger partial charge in [0.2, 0.25) is 5.13 Å². The summed E-state index contributed by atoms with van der Waals surface area (Å²) in [6.45, 7) is 6.54. The van der Waals surface area contributed by atoms with Gasteiger partial charge in [-0.2, -0.15) is 4.37 Å². The van der Waals surface area contributed by atoms with Crippen molar-refractivity contribution in [2.45, 2.75) is 6.92 Å². The first-order chi connectivity index (χ1) is 7.65. The fourth-order valence-corrected chi connectivity index (χ4v) is 2.64. The number of nitrogens with two attached hydrogens (primary N) is 1. The largest absolute Gasteiger partial charge is 0.392 e. The summed E-state index contributed by atoms with van der Waals surface area (Å²) < 4.78 is 4.19. The molecule has 1 aromatic heterocycles. The summed E-state index contributed by atoms with van der Waals surface area (Å²) in [4.78, 5) is 9.49. The first-order valence-electron chi connectivity index (χ1n) is 5.21. The van der Waals surface area contributed by atoms with Gasteiger partial charge in [0.05, 0.1) is 4.99 Å².